The van der Waals surface area contributed by atoms with Gasteiger partial charge in [-0.05, 0) is 75.9 Å². The van der Waals surface area contributed by atoms with Gasteiger partial charge in [0.2, 0.25) is 11.8 Å². The van der Waals surface area contributed by atoms with E-state index in [1.165, 1.54) is 9.21 Å². The van der Waals surface area contributed by atoms with Gasteiger partial charge in [0, 0.05) is 13.1 Å². The Morgan fingerprint density at radius 3 is 2.00 bits per heavy atom. The van der Waals surface area contributed by atoms with Gasteiger partial charge in [0.05, 0.1) is 10.6 Å². The molecule has 0 saturated carbocycles. The summed E-state index contributed by atoms with van der Waals surface area (Å²) in [6.45, 7) is 11.5. The van der Waals surface area contributed by atoms with E-state index in [4.69, 9.17) is 0 Å². The zero-order valence-electron chi connectivity index (χ0n) is 23.7. The molecule has 1 atom stereocenters. The quantitative estimate of drug-likeness (QED) is 0.362. The number of likely N-dealkylation sites (N-methyl/N-ethyl adjacent to an activating group) is 1. The Morgan fingerprint density at radius 2 is 1.44 bits per heavy atom. The van der Waals surface area contributed by atoms with Crippen molar-refractivity contribution in [1.29, 1.82) is 0 Å². The highest BCUT2D eigenvalue weighted by molar-refractivity contribution is 7.92. The van der Waals surface area contributed by atoms with Crippen LogP contribution in [0.1, 0.15) is 48.1 Å². The van der Waals surface area contributed by atoms with Gasteiger partial charge in [-0.3, -0.25) is 13.9 Å². The van der Waals surface area contributed by atoms with Crippen LogP contribution in [-0.2, 0) is 26.2 Å². The van der Waals surface area contributed by atoms with E-state index in [9.17, 15) is 18.0 Å². The van der Waals surface area contributed by atoms with Crippen LogP contribution >= 0.6 is 0 Å². The van der Waals surface area contributed by atoms with E-state index in [0.29, 0.717) is 18.7 Å². The first-order valence-electron chi connectivity index (χ1n) is 13.3. The molecule has 0 aliphatic carbocycles. The number of carbonyl (C=O) groups excluding carboxylic acids is 2. The minimum atomic E-state index is -4.09. The summed E-state index contributed by atoms with van der Waals surface area (Å²) in [5.74, 6) is -0.717. The van der Waals surface area contributed by atoms with Gasteiger partial charge in [-0.15, -0.1) is 0 Å². The molecule has 0 aromatic heterocycles. The average molecular weight is 550 g/mol. The number of aryl methyl sites for hydroxylation is 3. The smallest absolute Gasteiger partial charge is 0.264 e. The van der Waals surface area contributed by atoms with Gasteiger partial charge in [-0.2, -0.15) is 0 Å². The van der Waals surface area contributed by atoms with Crippen LogP contribution in [-0.4, -0.2) is 44.3 Å². The topological polar surface area (TPSA) is 86.8 Å². The molecule has 0 radical (unpaired) electrons. The van der Waals surface area contributed by atoms with E-state index in [1.54, 1.807) is 36.4 Å². The summed E-state index contributed by atoms with van der Waals surface area (Å²) in [6.07, 6.45) is 0.387. The van der Waals surface area contributed by atoms with Crippen molar-refractivity contribution < 1.29 is 18.0 Å². The predicted octanol–water partition coefficient (Wildman–Crippen LogP) is 5.06. The van der Waals surface area contributed by atoms with E-state index in [0.717, 1.165) is 27.8 Å². The van der Waals surface area contributed by atoms with Crippen molar-refractivity contribution in [2.45, 2.75) is 65.4 Å². The lowest BCUT2D eigenvalue weighted by Crippen LogP contribution is -2.52. The minimum absolute atomic E-state index is 0.0997. The van der Waals surface area contributed by atoms with Gasteiger partial charge >= 0.3 is 0 Å². The molecule has 0 unspecified atom stereocenters. The molecule has 39 heavy (non-hydrogen) atoms. The van der Waals surface area contributed by atoms with Crippen molar-refractivity contribution in [2.75, 3.05) is 17.4 Å². The first kappa shape index (κ1) is 29.9. The Kier molecular flexibility index (Phi) is 9.92. The average Bonchev–Trinajstić information content (AvgIpc) is 2.90. The molecule has 0 spiro atoms. The van der Waals surface area contributed by atoms with Crippen molar-refractivity contribution in [2.24, 2.45) is 0 Å². The van der Waals surface area contributed by atoms with Crippen LogP contribution in [0.4, 0.5) is 5.69 Å². The van der Waals surface area contributed by atoms with Crippen LogP contribution in [0, 0.1) is 27.7 Å². The summed E-state index contributed by atoms with van der Waals surface area (Å²) >= 11 is 0. The maximum absolute atomic E-state index is 14.1. The van der Waals surface area contributed by atoms with Crippen molar-refractivity contribution in [1.82, 2.24) is 10.2 Å². The molecule has 208 valence electrons. The number of rotatable bonds is 11. The van der Waals surface area contributed by atoms with Gasteiger partial charge in [-0.25, -0.2) is 8.42 Å². The maximum Gasteiger partial charge on any atom is 0.264 e. The first-order chi connectivity index (χ1) is 18.5. The van der Waals surface area contributed by atoms with E-state index >= 15 is 0 Å². The number of hydrogen-bond acceptors (Lipinski definition) is 4. The second-order valence-electron chi connectivity index (χ2n) is 9.87. The molecule has 3 aromatic carbocycles. The van der Waals surface area contributed by atoms with Crippen LogP contribution in [0.25, 0.3) is 0 Å². The van der Waals surface area contributed by atoms with Gasteiger partial charge in [0.25, 0.3) is 10.0 Å². The molecule has 0 aliphatic heterocycles. The fourth-order valence-corrected chi connectivity index (χ4v) is 5.93. The van der Waals surface area contributed by atoms with Crippen molar-refractivity contribution in [3.63, 3.8) is 0 Å². The lowest BCUT2D eigenvalue weighted by molar-refractivity contribution is -0.140. The number of nitrogens with one attached hydrogen (secondary N) is 1. The van der Waals surface area contributed by atoms with E-state index in [1.807, 2.05) is 71.9 Å². The molecule has 3 rings (SSSR count). The molecular formula is C31H39N3O4S. The Hall–Kier alpha value is -3.65. The summed E-state index contributed by atoms with van der Waals surface area (Å²) in [6, 6.07) is 19.0. The maximum atomic E-state index is 14.1. The molecule has 0 aliphatic rings. The predicted molar refractivity (Wildman–Crippen MR) is 156 cm³/mol. The number of benzene rings is 3. The van der Waals surface area contributed by atoms with Crippen LogP contribution in [0.3, 0.4) is 0 Å². The number of sulfonamides is 1. The van der Waals surface area contributed by atoms with Crippen molar-refractivity contribution in [3.05, 3.63) is 94.5 Å². The molecule has 0 bridgehead atoms. The summed E-state index contributed by atoms with van der Waals surface area (Å²) in [4.78, 5) is 28.7. The standard InChI is InChI=1S/C31H39N3O4S/c1-7-28(31(36)32-8-2)33(20-26-16-12-22(3)13-17-26)30(35)21-34(29-11-9-10-24(5)25(29)6)39(37,38)27-18-14-23(4)15-19-27/h9-19,28H,7-8,20-21H2,1-6H3,(H,32,36)/t28-/m1/s1. The molecule has 7 nitrogen and oxygen atoms in total. The van der Waals surface area contributed by atoms with Gasteiger partial charge in [-0.1, -0.05) is 66.6 Å². The Bertz CT molecular complexity index is 1400. The summed E-state index contributed by atoms with van der Waals surface area (Å²) < 4.78 is 29.2. The Labute approximate surface area is 232 Å². The molecular weight excluding hydrogens is 510 g/mol. The molecule has 8 heteroatoms. The summed E-state index contributed by atoms with van der Waals surface area (Å²) in [7, 11) is -4.09. The van der Waals surface area contributed by atoms with E-state index in [-0.39, 0.29) is 17.3 Å². The van der Waals surface area contributed by atoms with E-state index in [2.05, 4.69) is 5.32 Å². The Morgan fingerprint density at radius 1 is 0.846 bits per heavy atom. The highest BCUT2D eigenvalue weighted by Gasteiger charge is 2.34. The highest BCUT2D eigenvalue weighted by atomic mass is 32.2. The summed E-state index contributed by atoms with van der Waals surface area (Å²) in [5, 5.41) is 2.83. The summed E-state index contributed by atoms with van der Waals surface area (Å²) in [5.41, 5.74) is 4.98. The SMILES string of the molecule is CCNC(=O)[C@@H](CC)N(Cc1ccc(C)cc1)C(=O)CN(c1cccc(C)c1C)S(=O)(=O)c1ccc(C)cc1. The third-order valence-corrected chi connectivity index (χ3v) is 8.72. The normalized spacial score (nSPS) is 12.1. The van der Waals surface area contributed by atoms with Crippen molar-refractivity contribution in [3.8, 4) is 0 Å². The van der Waals surface area contributed by atoms with Gasteiger partial charge in [0.1, 0.15) is 12.6 Å². The van der Waals surface area contributed by atoms with Gasteiger partial charge in [0.15, 0.2) is 0 Å². The molecule has 0 fully saturated rings. The first-order valence-corrected chi connectivity index (χ1v) is 14.7. The van der Waals surface area contributed by atoms with E-state index < -0.39 is 28.5 Å². The number of hydrogen-bond donors (Lipinski definition) is 1. The molecule has 1 N–H and O–H groups in total. The van der Waals surface area contributed by atoms with Crippen LogP contribution in [0.15, 0.2) is 71.6 Å². The number of amides is 2. The number of anilines is 1. The number of carbonyl (C=O) groups is 2. The van der Waals surface area contributed by atoms with Crippen molar-refractivity contribution >= 4 is 27.5 Å². The zero-order chi connectivity index (χ0) is 28.7. The Balaban J connectivity index is 2.10. The fraction of sp³-hybridized carbons (Fsp3) is 0.355. The fourth-order valence-electron chi connectivity index (χ4n) is 4.46. The van der Waals surface area contributed by atoms with Crippen LogP contribution in [0.5, 0.6) is 0 Å². The minimum Gasteiger partial charge on any atom is -0.355 e. The molecule has 2 amide bonds. The highest BCUT2D eigenvalue weighted by Crippen LogP contribution is 2.29. The second kappa shape index (κ2) is 12.9. The third-order valence-electron chi connectivity index (χ3n) is 6.94. The van der Waals surface area contributed by atoms with Crippen LogP contribution in [0.2, 0.25) is 0 Å². The lowest BCUT2D eigenvalue weighted by atomic mass is 10.1. The molecule has 0 heterocycles. The number of nitrogens with zero attached hydrogens (tertiary/aromatic N) is 2. The molecule has 3 aromatic rings. The monoisotopic (exact) mass is 549 g/mol. The largest absolute Gasteiger partial charge is 0.355 e. The van der Waals surface area contributed by atoms with Gasteiger partial charge < -0.3 is 10.2 Å². The second-order valence-corrected chi connectivity index (χ2v) is 11.7. The zero-order valence-corrected chi connectivity index (χ0v) is 24.5. The van der Waals surface area contributed by atoms with Crippen LogP contribution < -0.4 is 9.62 Å². The lowest BCUT2D eigenvalue weighted by Gasteiger charge is -2.33. The third kappa shape index (κ3) is 7.06. The molecule has 0 saturated heterocycles.